The van der Waals surface area contributed by atoms with Crippen LogP contribution < -0.4 is 10.1 Å². The Kier molecular flexibility index (Phi) is 4.64. The van der Waals surface area contributed by atoms with Crippen molar-refractivity contribution in [2.24, 2.45) is 0 Å². The summed E-state index contributed by atoms with van der Waals surface area (Å²) in [6, 6.07) is 11.4. The smallest absolute Gasteiger partial charge is 0.421 e. The predicted octanol–water partition coefficient (Wildman–Crippen LogP) is 5.40. The van der Waals surface area contributed by atoms with Gasteiger partial charge < -0.3 is 14.8 Å². The molecule has 1 aromatic heterocycles. The third-order valence-corrected chi connectivity index (χ3v) is 6.46. The van der Waals surface area contributed by atoms with E-state index in [0.717, 1.165) is 5.39 Å². The van der Waals surface area contributed by atoms with Crippen LogP contribution in [0.25, 0.3) is 10.9 Å². The van der Waals surface area contributed by atoms with Crippen LogP contribution in [0.2, 0.25) is 0 Å². The second-order valence-corrected chi connectivity index (χ2v) is 8.88. The Bertz CT molecular complexity index is 1190. The molecular formula is C24H22F4N2O2. The Labute approximate surface area is 182 Å². The maximum absolute atomic E-state index is 14.3. The van der Waals surface area contributed by atoms with E-state index < -0.39 is 35.7 Å². The van der Waals surface area contributed by atoms with E-state index >= 15 is 0 Å². The first-order valence-electron chi connectivity index (χ1n) is 10.4. The Morgan fingerprint density at radius 2 is 1.97 bits per heavy atom. The van der Waals surface area contributed by atoms with Crippen molar-refractivity contribution >= 4 is 16.6 Å². The zero-order valence-corrected chi connectivity index (χ0v) is 17.6. The summed E-state index contributed by atoms with van der Waals surface area (Å²) in [5.41, 5.74) is -1.24. The van der Waals surface area contributed by atoms with Crippen molar-refractivity contribution in [1.29, 1.82) is 0 Å². The van der Waals surface area contributed by atoms with E-state index in [4.69, 9.17) is 9.47 Å². The summed E-state index contributed by atoms with van der Waals surface area (Å²) in [5.74, 6) is -0.0203. The topological polar surface area (TPSA) is 46.7 Å². The van der Waals surface area contributed by atoms with Crippen molar-refractivity contribution in [2.75, 3.05) is 18.5 Å². The second-order valence-electron chi connectivity index (χ2n) is 8.88. The van der Waals surface area contributed by atoms with E-state index in [-0.39, 0.29) is 0 Å². The van der Waals surface area contributed by atoms with E-state index in [1.54, 1.807) is 50.4 Å². The van der Waals surface area contributed by atoms with Gasteiger partial charge in [-0.05, 0) is 36.4 Å². The molecule has 0 saturated carbocycles. The van der Waals surface area contributed by atoms with Crippen LogP contribution in [0.1, 0.15) is 25.0 Å². The lowest BCUT2D eigenvalue weighted by molar-refractivity contribution is -0.180. The van der Waals surface area contributed by atoms with E-state index in [1.165, 1.54) is 12.1 Å². The van der Waals surface area contributed by atoms with Crippen molar-refractivity contribution < 1.29 is 27.0 Å². The molecule has 32 heavy (non-hydrogen) atoms. The standard InChI is InChI=1S/C24H22F4N2O2/c1-22(2,17-12-15(25)11-14-8-10-31-20(14)17)21-23(32-21,24(26,27)28)13-30-19-7-3-6-18-16(19)5-4-9-29-18/h3-7,9,11-12,21,30H,8,10,13H2,1-2H3. The van der Waals surface area contributed by atoms with E-state index in [1.807, 2.05) is 0 Å². The lowest BCUT2D eigenvalue weighted by atomic mass is 9.75. The fourth-order valence-corrected chi connectivity index (χ4v) is 4.73. The Balaban J connectivity index is 1.47. The normalized spacial score (nSPS) is 22.5. The summed E-state index contributed by atoms with van der Waals surface area (Å²) in [6.07, 6.45) is -3.67. The molecule has 2 aliphatic heterocycles. The summed E-state index contributed by atoms with van der Waals surface area (Å²) in [7, 11) is 0. The van der Waals surface area contributed by atoms with Crippen LogP contribution in [-0.4, -0.2) is 36.0 Å². The molecule has 5 rings (SSSR count). The average molecular weight is 446 g/mol. The minimum atomic E-state index is -4.62. The zero-order valence-electron chi connectivity index (χ0n) is 17.6. The fourth-order valence-electron chi connectivity index (χ4n) is 4.73. The minimum Gasteiger partial charge on any atom is -0.493 e. The fraction of sp³-hybridized carbons (Fsp3) is 0.375. The van der Waals surface area contributed by atoms with Crippen molar-refractivity contribution in [3.63, 3.8) is 0 Å². The second kappa shape index (κ2) is 7.07. The van der Waals surface area contributed by atoms with Crippen LogP contribution in [0, 0.1) is 5.82 Å². The van der Waals surface area contributed by atoms with Crippen LogP contribution in [0.3, 0.4) is 0 Å². The largest absolute Gasteiger partial charge is 0.493 e. The number of epoxide rings is 1. The van der Waals surface area contributed by atoms with Crippen molar-refractivity contribution in [3.05, 3.63) is 65.6 Å². The third-order valence-electron chi connectivity index (χ3n) is 6.46. The predicted molar refractivity (Wildman–Crippen MR) is 113 cm³/mol. The van der Waals surface area contributed by atoms with Gasteiger partial charge in [-0.3, -0.25) is 4.98 Å². The molecule has 8 heteroatoms. The van der Waals surface area contributed by atoms with Crippen LogP contribution in [0.4, 0.5) is 23.2 Å². The number of pyridine rings is 1. The number of ether oxygens (including phenoxy) is 2. The molecule has 0 radical (unpaired) electrons. The van der Waals surface area contributed by atoms with Gasteiger partial charge >= 0.3 is 6.18 Å². The number of hydrogen-bond acceptors (Lipinski definition) is 4. The van der Waals surface area contributed by atoms with Crippen LogP contribution in [-0.2, 0) is 16.6 Å². The number of aromatic nitrogens is 1. The summed E-state index contributed by atoms with van der Waals surface area (Å²) in [6.45, 7) is 3.19. The molecule has 1 N–H and O–H groups in total. The highest BCUT2D eigenvalue weighted by atomic mass is 19.4. The van der Waals surface area contributed by atoms with Gasteiger partial charge in [0.2, 0.25) is 5.60 Å². The lowest BCUT2D eigenvalue weighted by Crippen LogP contribution is -2.45. The molecule has 3 heterocycles. The van der Waals surface area contributed by atoms with Crippen LogP contribution >= 0.6 is 0 Å². The molecule has 2 aromatic carbocycles. The highest BCUT2D eigenvalue weighted by Crippen LogP contribution is 2.58. The van der Waals surface area contributed by atoms with Gasteiger partial charge in [0.15, 0.2) is 0 Å². The van der Waals surface area contributed by atoms with Gasteiger partial charge in [0.25, 0.3) is 0 Å². The summed E-state index contributed by atoms with van der Waals surface area (Å²) in [5, 5.41) is 3.65. The van der Waals surface area contributed by atoms with Gasteiger partial charge in [-0.25, -0.2) is 4.39 Å². The average Bonchev–Trinajstić information content (AvgIpc) is 3.35. The third kappa shape index (κ3) is 3.20. The number of nitrogens with zero attached hydrogens (tertiary/aromatic N) is 1. The number of nitrogens with one attached hydrogen (secondary N) is 1. The van der Waals surface area contributed by atoms with Gasteiger partial charge in [0.05, 0.1) is 18.7 Å². The van der Waals surface area contributed by atoms with Crippen molar-refractivity contribution in [1.82, 2.24) is 4.98 Å². The summed E-state index contributed by atoms with van der Waals surface area (Å²) >= 11 is 0. The Hall–Kier alpha value is -2.87. The SMILES string of the molecule is CC(C)(c1cc(F)cc2c1OCC2)C1OC1(CNc1cccc2ncccc12)C(F)(F)F. The number of benzene rings is 2. The van der Waals surface area contributed by atoms with Gasteiger partial charge in [-0.15, -0.1) is 0 Å². The molecule has 0 aliphatic carbocycles. The molecule has 2 aliphatic rings. The van der Waals surface area contributed by atoms with Crippen molar-refractivity contribution in [2.45, 2.75) is 43.6 Å². The summed E-state index contributed by atoms with van der Waals surface area (Å²) < 4.78 is 68.2. The highest BCUT2D eigenvalue weighted by molar-refractivity contribution is 5.91. The highest BCUT2D eigenvalue weighted by Gasteiger charge is 2.77. The van der Waals surface area contributed by atoms with E-state index in [9.17, 15) is 17.6 Å². The first-order valence-corrected chi connectivity index (χ1v) is 10.4. The molecule has 168 valence electrons. The molecule has 2 unspecified atom stereocenters. The van der Waals surface area contributed by atoms with Gasteiger partial charge in [0.1, 0.15) is 17.7 Å². The van der Waals surface area contributed by atoms with Crippen LogP contribution in [0.5, 0.6) is 5.75 Å². The zero-order chi connectivity index (χ0) is 22.7. The molecule has 0 bridgehead atoms. The maximum atomic E-state index is 14.3. The number of alkyl halides is 3. The quantitative estimate of drug-likeness (QED) is 0.421. The van der Waals surface area contributed by atoms with Crippen molar-refractivity contribution in [3.8, 4) is 5.75 Å². The minimum absolute atomic E-state index is 0.383. The first-order chi connectivity index (χ1) is 15.1. The van der Waals surface area contributed by atoms with E-state index in [0.29, 0.717) is 41.1 Å². The molecule has 4 nitrogen and oxygen atoms in total. The molecular weight excluding hydrogens is 424 g/mol. The van der Waals surface area contributed by atoms with Crippen LogP contribution in [0.15, 0.2) is 48.7 Å². The lowest BCUT2D eigenvalue weighted by Gasteiger charge is -2.28. The molecule has 1 saturated heterocycles. The van der Waals surface area contributed by atoms with Gasteiger partial charge in [-0.1, -0.05) is 19.9 Å². The molecule has 3 aromatic rings. The van der Waals surface area contributed by atoms with E-state index in [2.05, 4.69) is 10.3 Å². The van der Waals surface area contributed by atoms with Gasteiger partial charge in [0, 0.05) is 40.2 Å². The number of halogens is 4. The van der Waals surface area contributed by atoms with Gasteiger partial charge in [-0.2, -0.15) is 13.2 Å². The number of fused-ring (bicyclic) bond motifs is 2. The monoisotopic (exact) mass is 446 g/mol. The Morgan fingerprint density at radius 3 is 2.75 bits per heavy atom. The number of rotatable bonds is 5. The number of hydrogen-bond donors (Lipinski definition) is 1. The molecule has 0 amide bonds. The maximum Gasteiger partial charge on any atom is 0.421 e. The summed E-state index contributed by atoms with van der Waals surface area (Å²) in [4.78, 5) is 4.24. The molecule has 0 spiro atoms. The molecule has 1 fully saturated rings. The Morgan fingerprint density at radius 1 is 1.16 bits per heavy atom. The molecule has 2 atom stereocenters. The number of anilines is 1. The first kappa shape index (κ1) is 21.0.